The first-order chi connectivity index (χ1) is 16.1. The highest BCUT2D eigenvalue weighted by molar-refractivity contribution is 7.89. The molecule has 2 atom stereocenters. The smallest absolute Gasteiger partial charge is 0.262 e. The van der Waals surface area contributed by atoms with Crippen molar-refractivity contribution in [3.05, 3.63) is 66.0 Å². The number of nitrogens with one attached hydrogen (secondary N) is 2. The quantitative estimate of drug-likeness (QED) is 0.349. The van der Waals surface area contributed by atoms with Crippen LogP contribution in [0.1, 0.15) is 32.3 Å². The maximum atomic E-state index is 13.7. The van der Waals surface area contributed by atoms with Crippen LogP contribution in [0.2, 0.25) is 0 Å². The van der Waals surface area contributed by atoms with Gasteiger partial charge in [0.2, 0.25) is 15.9 Å². The number of benzene rings is 2. The van der Waals surface area contributed by atoms with Crippen LogP contribution in [0.5, 0.6) is 0 Å². The van der Waals surface area contributed by atoms with E-state index in [-0.39, 0.29) is 29.6 Å². The van der Waals surface area contributed by atoms with Gasteiger partial charge >= 0.3 is 0 Å². The standard InChI is InChI=1S/C24H30FN3O5S/c1-17(2)16-24(13-15-28(23(24)30)14-12-18-6-4-3-5-7-18)21(22(29)26-31)27-34(32,33)20-10-8-19(25)9-11-20/h3-11,17,21,27,31H,12-16H2,1-2H3,(H,26,29)/t21-,24-/m1/s1. The lowest BCUT2D eigenvalue weighted by molar-refractivity contribution is -0.145. The number of hydrogen-bond acceptors (Lipinski definition) is 5. The molecule has 0 saturated carbocycles. The monoisotopic (exact) mass is 491 g/mol. The molecule has 0 aromatic heterocycles. The van der Waals surface area contributed by atoms with E-state index in [1.165, 1.54) is 5.48 Å². The summed E-state index contributed by atoms with van der Waals surface area (Å²) in [7, 11) is -4.30. The van der Waals surface area contributed by atoms with Gasteiger partial charge in [0.1, 0.15) is 11.9 Å². The summed E-state index contributed by atoms with van der Waals surface area (Å²) in [6.45, 7) is 4.53. The molecule has 1 aliphatic rings. The van der Waals surface area contributed by atoms with Crippen LogP contribution in [0.15, 0.2) is 59.5 Å². The highest BCUT2D eigenvalue weighted by Gasteiger charge is 2.55. The fraction of sp³-hybridized carbons (Fsp3) is 0.417. The molecule has 0 radical (unpaired) electrons. The summed E-state index contributed by atoms with van der Waals surface area (Å²) in [6, 6.07) is 12.2. The fourth-order valence-electron chi connectivity index (χ4n) is 4.60. The highest BCUT2D eigenvalue weighted by Crippen LogP contribution is 2.42. The normalized spacial score (nSPS) is 19.4. The van der Waals surface area contributed by atoms with Gasteiger partial charge in [-0.3, -0.25) is 14.8 Å². The Morgan fingerprint density at radius 1 is 1.15 bits per heavy atom. The molecule has 0 spiro atoms. The van der Waals surface area contributed by atoms with E-state index in [4.69, 9.17) is 0 Å². The third-order valence-corrected chi connectivity index (χ3v) is 7.59. The molecule has 1 aliphatic heterocycles. The predicted octanol–water partition coefficient (Wildman–Crippen LogP) is 2.49. The summed E-state index contributed by atoms with van der Waals surface area (Å²) in [5, 5.41) is 9.41. The molecular weight excluding hydrogens is 461 g/mol. The minimum absolute atomic E-state index is 0.0395. The summed E-state index contributed by atoms with van der Waals surface area (Å²) in [5.41, 5.74) is 1.19. The van der Waals surface area contributed by atoms with Gasteiger partial charge in [-0.25, -0.2) is 18.3 Å². The molecule has 1 fully saturated rings. The third-order valence-electron chi connectivity index (χ3n) is 6.15. The van der Waals surface area contributed by atoms with Crippen LogP contribution >= 0.6 is 0 Å². The molecule has 184 valence electrons. The Labute approximate surface area is 199 Å². The molecule has 0 unspecified atom stereocenters. The lowest BCUT2D eigenvalue weighted by Gasteiger charge is -2.36. The average Bonchev–Trinajstić information content (AvgIpc) is 3.11. The molecule has 0 aliphatic carbocycles. The minimum Gasteiger partial charge on any atom is -0.342 e. The average molecular weight is 492 g/mol. The lowest BCUT2D eigenvalue weighted by Crippen LogP contribution is -2.59. The number of carbonyl (C=O) groups is 2. The van der Waals surface area contributed by atoms with Gasteiger partial charge in [-0.05, 0) is 55.0 Å². The predicted molar refractivity (Wildman–Crippen MR) is 124 cm³/mol. The summed E-state index contributed by atoms with van der Waals surface area (Å²) < 4.78 is 41.7. The molecule has 2 aromatic rings. The Morgan fingerprint density at radius 2 is 1.79 bits per heavy atom. The SMILES string of the molecule is CC(C)C[C@@]1([C@H](NS(=O)(=O)c2ccc(F)cc2)C(=O)NO)CCN(CCc2ccccc2)C1=O. The summed E-state index contributed by atoms with van der Waals surface area (Å²) in [5.74, 6) is -2.01. The van der Waals surface area contributed by atoms with Crippen molar-refractivity contribution in [2.24, 2.45) is 11.3 Å². The van der Waals surface area contributed by atoms with E-state index < -0.39 is 33.2 Å². The van der Waals surface area contributed by atoms with Crippen molar-refractivity contribution in [1.82, 2.24) is 15.1 Å². The first kappa shape index (κ1) is 25.8. The largest absolute Gasteiger partial charge is 0.342 e. The summed E-state index contributed by atoms with van der Waals surface area (Å²) in [4.78, 5) is 27.8. The van der Waals surface area contributed by atoms with Crippen molar-refractivity contribution >= 4 is 21.8 Å². The van der Waals surface area contributed by atoms with Gasteiger partial charge in [0.15, 0.2) is 0 Å². The maximum absolute atomic E-state index is 13.7. The number of hydrogen-bond donors (Lipinski definition) is 3. The number of halogens is 1. The number of hydroxylamine groups is 1. The van der Waals surface area contributed by atoms with Gasteiger partial charge in [-0.15, -0.1) is 0 Å². The second-order valence-electron chi connectivity index (χ2n) is 9.02. The maximum Gasteiger partial charge on any atom is 0.262 e. The molecule has 3 rings (SSSR count). The zero-order valence-electron chi connectivity index (χ0n) is 19.2. The van der Waals surface area contributed by atoms with Crippen molar-refractivity contribution in [1.29, 1.82) is 0 Å². The van der Waals surface area contributed by atoms with Crippen LogP contribution in [-0.2, 0) is 26.0 Å². The van der Waals surface area contributed by atoms with E-state index in [0.29, 0.717) is 19.5 Å². The van der Waals surface area contributed by atoms with Crippen LogP contribution < -0.4 is 10.2 Å². The van der Waals surface area contributed by atoms with E-state index in [1.54, 1.807) is 4.90 Å². The Hall–Kier alpha value is -2.82. The molecule has 3 N–H and O–H groups in total. The Kier molecular flexibility index (Phi) is 8.06. The first-order valence-electron chi connectivity index (χ1n) is 11.1. The Bertz CT molecular complexity index is 1110. The van der Waals surface area contributed by atoms with Crippen molar-refractivity contribution in [3.8, 4) is 0 Å². The molecule has 1 heterocycles. The van der Waals surface area contributed by atoms with Gasteiger partial charge in [-0.1, -0.05) is 44.2 Å². The van der Waals surface area contributed by atoms with Crippen molar-refractivity contribution in [3.63, 3.8) is 0 Å². The van der Waals surface area contributed by atoms with Crippen molar-refractivity contribution in [2.45, 2.75) is 44.0 Å². The number of carbonyl (C=O) groups excluding carboxylic acids is 2. The zero-order valence-corrected chi connectivity index (χ0v) is 20.0. The molecule has 8 nitrogen and oxygen atoms in total. The molecular formula is C24H30FN3O5S. The van der Waals surface area contributed by atoms with Crippen LogP contribution in [0.25, 0.3) is 0 Å². The van der Waals surface area contributed by atoms with Crippen LogP contribution in [0, 0.1) is 17.2 Å². The van der Waals surface area contributed by atoms with Crippen molar-refractivity contribution < 1.29 is 27.6 Å². The van der Waals surface area contributed by atoms with Gasteiger partial charge < -0.3 is 4.90 Å². The topological polar surface area (TPSA) is 116 Å². The number of rotatable bonds is 10. The highest BCUT2D eigenvalue weighted by atomic mass is 32.2. The van der Waals surface area contributed by atoms with Crippen LogP contribution in [0.4, 0.5) is 4.39 Å². The number of nitrogens with zero attached hydrogens (tertiary/aromatic N) is 1. The van der Waals surface area contributed by atoms with Crippen molar-refractivity contribution in [2.75, 3.05) is 13.1 Å². The fourth-order valence-corrected chi connectivity index (χ4v) is 5.88. The van der Waals surface area contributed by atoms with E-state index in [1.807, 2.05) is 44.2 Å². The number of sulfonamides is 1. The number of likely N-dealkylation sites (tertiary alicyclic amines) is 1. The Morgan fingerprint density at radius 3 is 2.38 bits per heavy atom. The second-order valence-corrected chi connectivity index (χ2v) is 10.7. The van der Waals surface area contributed by atoms with E-state index in [2.05, 4.69) is 4.72 Å². The number of amides is 2. The second kappa shape index (κ2) is 10.6. The molecule has 34 heavy (non-hydrogen) atoms. The van der Waals surface area contributed by atoms with E-state index in [0.717, 1.165) is 29.8 Å². The minimum atomic E-state index is -4.30. The van der Waals surface area contributed by atoms with Gasteiger partial charge in [0, 0.05) is 13.1 Å². The van der Waals surface area contributed by atoms with Gasteiger partial charge in [0.05, 0.1) is 10.3 Å². The molecule has 1 saturated heterocycles. The molecule has 0 bridgehead atoms. The van der Waals surface area contributed by atoms with Crippen LogP contribution in [0.3, 0.4) is 0 Å². The van der Waals surface area contributed by atoms with Gasteiger partial charge in [-0.2, -0.15) is 4.72 Å². The molecule has 2 aromatic carbocycles. The summed E-state index contributed by atoms with van der Waals surface area (Å²) >= 11 is 0. The van der Waals surface area contributed by atoms with Gasteiger partial charge in [0.25, 0.3) is 5.91 Å². The third kappa shape index (κ3) is 5.63. The molecule has 2 amide bonds. The lowest BCUT2D eigenvalue weighted by atomic mass is 9.72. The van der Waals surface area contributed by atoms with E-state index in [9.17, 15) is 27.6 Å². The summed E-state index contributed by atoms with van der Waals surface area (Å²) in [6.07, 6.45) is 1.09. The molecule has 10 heteroatoms. The zero-order chi connectivity index (χ0) is 24.9. The van der Waals surface area contributed by atoms with Crippen LogP contribution in [-0.4, -0.2) is 49.5 Å². The Balaban J connectivity index is 1.92. The van der Waals surface area contributed by atoms with E-state index >= 15 is 0 Å². The first-order valence-corrected chi connectivity index (χ1v) is 12.6.